The lowest BCUT2D eigenvalue weighted by Gasteiger charge is -2.28. The maximum atomic E-state index is 11.8. The van der Waals surface area contributed by atoms with Gasteiger partial charge in [0.05, 0.1) is 25.1 Å². The van der Waals surface area contributed by atoms with Gasteiger partial charge >= 0.3 is 0 Å². The third-order valence-electron chi connectivity index (χ3n) is 4.18. The summed E-state index contributed by atoms with van der Waals surface area (Å²) in [6, 6.07) is 5.73. The van der Waals surface area contributed by atoms with E-state index in [1.165, 1.54) is 0 Å². The predicted octanol–water partition coefficient (Wildman–Crippen LogP) is 2.06. The molecule has 0 spiro atoms. The van der Waals surface area contributed by atoms with Gasteiger partial charge in [-0.15, -0.1) is 0 Å². The first-order valence-electron chi connectivity index (χ1n) is 7.72. The van der Waals surface area contributed by atoms with E-state index in [9.17, 15) is 4.79 Å². The van der Waals surface area contributed by atoms with Crippen LogP contribution in [0.5, 0.6) is 0 Å². The Morgan fingerprint density at radius 1 is 1.22 bits per heavy atom. The molecular formula is C17H18N4O2. The highest BCUT2D eigenvalue weighted by molar-refractivity contribution is 5.95. The molecule has 2 N–H and O–H groups in total. The summed E-state index contributed by atoms with van der Waals surface area (Å²) < 4.78 is 5.41. The summed E-state index contributed by atoms with van der Waals surface area (Å²) in [6.45, 7) is 5.11. The molecule has 3 aromatic rings. The van der Waals surface area contributed by atoms with Gasteiger partial charge in [-0.2, -0.15) is 0 Å². The Bertz CT molecular complexity index is 906. The summed E-state index contributed by atoms with van der Waals surface area (Å²) in [4.78, 5) is 24.5. The maximum Gasteiger partial charge on any atom is 0.248 e. The Hall–Kier alpha value is -2.60. The number of aromatic amines is 2. The number of aromatic nitrogens is 3. The number of morpholine rings is 1. The number of fused-ring (bicyclic) bond motifs is 1. The number of pyridine rings is 2. The Morgan fingerprint density at radius 3 is 2.83 bits per heavy atom. The number of rotatable bonds is 2. The molecule has 1 aliphatic rings. The Balaban J connectivity index is 1.82. The lowest BCUT2D eigenvalue weighted by atomic mass is 10.1. The van der Waals surface area contributed by atoms with Gasteiger partial charge in [0.1, 0.15) is 5.65 Å². The highest BCUT2D eigenvalue weighted by Crippen LogP contribution is 2.30. The van der Waals surface area contributed by atoms with Crippen LogP contribution in [0.2, 0.25) is 0 Å². The quantitative estimate of drug-likeness (QED) is 0.760. The van der Waals surface area contributed by atoms with Crippen molar-refractivity contribution < 1.29 is 4.74 Å². The first-order valence-corrected chi connectivity index (χ1v) is 7.72. The van der Waals surface area contributed by atoms with E-state index in [2.05, 4.69) is 25.9 Å². The lowest BCUT2D eigenvalue weighted by Crippen LogP contribution is -2.36. The van der Waals surface area contributed by atoms with Crippen LogP contribution in [0.1, 0.15) is 5.69 Å². The first-order chi connectivity index (χ1) is 11.2. The molecule has 0 bridgehead atoms. The van der Waals surface area contributed by atoms with Crippen LogP contribution in [0.25, 0.3) is 22.2 Å². The molecule has 3 aromatic heterocycles. The van der Waals surface area contributed by atoms with E-state index in [0.29, 0.717) is 0 Å². The van der Waals surface area contributed by atoms with Crippen molar-refractivity contribution in [2.75, 3.05) is 31.2 Å². The molecule has 23 heavy (non-hydrogen) atoms. The Kier molecular flexibility index (Phi) is 3.38. The van der Waals surface area contributed by atoms with Crippen molar-refractivity contribution in [3.63, 3.8) is 0 Å². The van der Waals surface area contributed by atoms with Crippen LogP contribution in [0.3, 0.4) is 0 Å². The van der Waals surface area contributed by atoms with Gasteiger partial charge in [-0.05, 0) is 24.6 Å². The van der Waals surface area contributed by atoms with E-state index in [1.54, 1.807) is 6.07 Å². The highest BCUT2D eigenvalue weighted by atomic mass is 16.5. The second kappa shape index (κ2) is 5.55. The molecule has 4 heterocycles. The smallest absolute Gasteiger partial charge is 0.248 e. The van der Waals surface area contributed by atoms with Crippen LogP contribution < -0.4 is 10.5 Å². The number of anilines is 1. The predicted molar refractivity (Wildman–Crippen MR) is 89.9 cm³/mol. The van der Waals surface area contributed by atoms with Gasteiger partial charge < -0.3 is 19.6 Å². The van der Waals surface area contributed by atoms with Crippen LogP contribution in [0, 0.1) is 6.92 Å². The maximum absolute atomic E-state index is 11.8. The number of ether oxygens (including phenoxy) is 1. The third kappa shape index (κ3) is 2.61. The van der Waals surface area contributed by atoms with Crippen LogP contribution in [0.4, 0.5) is 5.69 Å². The van der Waals surface area contributed by atoms with Gasteiger partial charge in [0, 0.05) is 42.0 Å². The highest BCUT2D eigenvalue weighted by Gasteiger charge is 2.14. The molecule has 1 fully saturated rings. The molecule has 6 heteroatoms. The van der Waals surface area contributed by atoms with Gasteiger partial charge in [-0.25, -0.2) is 4.98 Å². The average molecular weight is 310 g/mol. The van der Waals surface area contributed by atoms with E-state index in [1.807, 2.05) is 25.4 Å². The second-order valence-electron chi connectivity index (χ2n) is 5.81. The fraction of sp³-hybridized carbons (Fsp3) is 0.294. The number of nitrogens with zero attached hydrogens (tertiary/aromatic N) is 2. The topological polar surface area (TPSA) is 74.0 Å². The Labute approximate surface area is 133 Å². The lowest BCUT2D eigenvalue weighted by molar-refractivity contribution is 0.122. The summed E-state index contributed by atoms with van der Waals surface area (Å²) in [5.74, 6) is 0. The van der Waals surface area contributed by atoms with E-state index < -0.39 is 0 Å². The van der Waals surface area contributed by atoms with Crippen molar-refractivity contribution in [3.05, 3.63) is 46.6 Å². The largest absolute Gasteiger partial charge is 0.378 e. The number of nitrogens with one attached hydrogen (secondary N) is 2. The fourth-order valence-electron chi connectivity index (χ4n) is 3.06. The van der Waals surface area contributed by atoms with E-state index in [0.717, 1.165) is 59.8 Å². The van der Waals surface area contributed by atoms with Crippen molar-refractivity contribution in [3.8, 4) is 11.1 Å². The van der Waals surface area contributed by atoms with Gasteiger partial charge in [0.15, 0.2) is 0 Å². The molecule has 0 amide bonds. The van der Waals surface area contributed by atoms with Crippen molar-refractivity contribution in [2.45, 2.75) is 6.92 Å². The van der Waals surface area contributed by atoms with Crippen LogP contribution in [0.15, 0.2) is 35.4 Å². The van der Waals surface area contributed by atoms with Crippen LogP contribution >= 0.6 is 0 Å². The monoisotopic (exact) mass is 310 g/mol. The average Bonchev–Trinajstić information content (AvgIpc) is 2.98. The van der Waals surface area contributed by atoms with E-state index in [4.69, 9.17) is 4.74 Å². The standard InChI is InChI=1S/C17H18N4O2/c1-11-6-12(7-16(22)20-11)15-10-19-17-14(15)8-13(9-18-17)21-2-4-23-5-3-21/h6-10H,2-5H2,1H3,(H,18,19)(H,20,22). The minimum Gasteiger partial charge on any atom is -0.378 e. The van der Waals surface area contributed by atoms with Gasteiger partial charge in [-0.3, -0.25) is 4.79 Å². The minimum atomic E-state index is -0.0911. The zero-order valence-electron chi connectivity index (χ0n) is 12.9. The van der Waals surface area contributed by atoms with Crippen molar-refractivity contribution in [2.24, 2.45) is 0 Å². The zero-order valence-corrected chi connectivity index (χ0v) is 12.9. The zero-order chi connectivity index (χ0) is 15.8. The molecule has 0 saturated carbocycles. The molecular weight excluding hydrogens is 292 g/mol. The second-order valence-corrected chi connectivity index (χ2v) is 5.81. The summed E-state index contributed by atoms with van der Waals surface area (Å²) in [5, 5.41) is 1.03. The van der Waals surface area contributed by atoms with Crippen molar-refractivity contribution in [1.29, 1.82) is 0 Å². The van der Waals surface area contributed by atoms with Crippen LogP contribution in [-0.2, 0) is 4.74 Å². The van der Waals surface area contributed by atoms with E-state index in [-0.39, 0.29) is 5.56 Å². The van der Waals surface area contributed by atoms with Gasteiger partial charge in [0.25, 0.3) is 0 Å². The normalized spacial score (nSPS) is 15.3. The molecule has 118 valence electrons. The molecule has 0 aliphatic carbocycles. The molecule has 0 atom stereocenters. The SMILES string of the molecule is Cc1cc(-c2c[nH]c3ncc(N4CCOCC4)cc23)cc(=O)[nH]1. The molecule has 1 aliphatic heterocycles. The summed E-state index contributed by atoms with van der Waals surface area (Å²) in [7, 11) is 0. The molecule has 1 saturated heterocycles. The summed E-state index contributed by atoms with van der Waals surface area (Å²) >= 11 is 0. The van der Waals surface area contributed by atoms with Gasteiger partial charge in [-0.1, -0.05) is 0 Å². The Morgan fingerprint density at radius 2 is 2.04 bits per heavy atom. The van der Waals surface area contributed by atoms with Crippen LogP contribution in [-0.4, -0.2) is 41.3 Å². The molecule has 6 nitrogen and oxygen atoms in total. The van der Waals surface area contributed by atoms with Crippen molar-refractivity contribution >= 4 is 16.7 Å². The summed E-state index contributed by atoms with van der Waals surface area (Å²) in [5.41, 5.74) is 4.57. The first kappa shape index (κ1) is 14.0. The number of H-pyrrole nitrogens is 2. The molecule has 0 radical (unpaired) electrons. The molecule has 4 rings (SSSR count). The van der Waals surface area contributed by atoms with E-state index >= 15 is 0 Å². The number of hydrogen-bond donors (Lipinski definition) is 2. The fourth-order valence-corrected chi connectivity index (χ4v) is 3.06. The molecule has 0 unspecified atom stereocenters. The molecule has 0 aromatic carbocycles. The summed E-state index contributed by atoms with van der Waals surface area (Å²) in [6.07, 6.45) is 3.80. The minimum absolute atomic E-state index is 0.0911. The third-order valence-corrected chi connectivity index (χ3v) is 4.18. The van der Waals surface area contributed by atoms with Crippen molar-refractivity contribution in [1.82, 2.24) is 15.0 Å². The van der Waals surface area contributed by atoms with Gasteiger partial charge in [0.2, 0.25) is 5.56 Å². The number of hydrogen-bond acceptors (Lipinski definition) is 4. The number of aryl methyl sites for hydroxylation is 1.